The Bertz CT molecular complexity index is 662. The molecule has 142 valence electrons. The normalized spacial score (nSPS) is 11.0. The van der Waals surface area contributed by atoms with Gasteiger partial charge in [-0.05, 0) is 38.4 Å². The lowest BCUT2D eigenvalue weighted by atomic mass is 10.1. The first-order chi connectivity index (χ1) is 12.6. The van der Waals surface area contributed by atoms with Crippen LogP contribution in [-0.4, -0.2) is 26.4 Å². The average Bonchev–Trinajstić information content (AvgIpc) is 2.63. The van der Waals surface area contributed by atoms with Gasteiger partial charge in [0.15, 0.2) is 11.5 Å². The highest BCUT2D eigenvalue weighted by Gasteiger charge is 2.13. The Hall–Kier alpha value is -1.75. The lowest BCUT2D eigenvalue weighted by molar-refractivity contribution is 0.0770. The molecule has 0 heterocycles. The SMILES string of the molecule is COc1cc(Cl)cc(CNCCCOC(C)C)c1OCc1ccccc1. The van der Waals surface area contributed by atoms with E-state index in [1.807, 2.05) is 50.2 Å². The van der Waals surface area contributed by atoms with Crippen molar-refractivity contribution in [3.63, 3.8) is 0 Å². The van der Waals surface area contributed by atoms with Gasteiger partial charge in [-0.15, -0.1) is 0 Å². The summed E-state index contributed by atoms with van der Waals surface area (Å²) in [5, 5.41) is 4.05. The molecule has 0 saturated heterocycles. The van der Waals surface area contributed by atoms with E-state index in [2.05, 4.69) is 5.32 Å². The van der Waals surface area contributed by atoms with Crippen molar-refractivity contribution in [2.75, 3.05) is 20.3 Å². The van der Waals surface area contributed by atoms with Crippen LogP contribution in [0.4, 0.5) is 0 Å². The Morgan fingerprint density at radius 3 is 2.58 bits per heavy atom. The Labute approximate surface area is 161 Å². The highest BCUT2D eigenvalue weighted by Crippen LogP contribution is 2.35. The van der Waals surface area contributed by atoms with Crippen molar-refractivity contribution in [3.05, 3.63) is 58.6 Å². The van der Waals surface area contributed by atoms with Crippen molar-refractivity contribution in [1.29, 1.82) is 0 Å². The Morgan fingerprint density at radius 2 is 1.88 bits per heavy atom. The van der Waals surface area contributed by atoms with Gasteiger partial charge >= 0.3 is 0 Å². The van der Waals surface area contributed by atoms with Crippen LogP contribution in [0, 0.1) is 0 Å². The first-order valence-electron chi connectivity index (χ1n) is 8.95. The second-order valence-electron chi connectivity index (χ2n) is 6.32. The fourth-order valence-electron chi connectivity index (χ4n) is 2.54. The molecule has 0 aliphatic heterocycles. The maximum absolute atomic E-state index is 6.23. The van der Waals surface area contributed by atoms with Crippen molar-refractivity contribution in [1.82, 2.24) is 5.32 Å². The van der Waals surface area contributed by atoms with Gasteiger partial charge in [-0.3, -0.25) is 0 Å². The van der Waals surface area contributed by atoms with Gasteiger partial charge in [0.05, 0.1) is 13.2 Å². The minimum Gasteiger partial charge on any atom is -0.493 e. The molecule has 0 aliphatic carbocycles. The maximum atomic E-state index is 6.23. The summed E-state index contributed by atoms with van der Waals surface area (Å²) in [6.45, 7) is 6.83. The molecule has 2 aromatic carbocycles. The number of nitrogens with one attached hydrogen (secondary N) is 1. The van der Waals surface area contributed by atoms with Crippen LogP contribution < -0.4 is 14.8 Å². The molecule has 4 nitrogen and oxygen atoms in total. The molecule has 2 aromatic rings. The topological polar surface area (TPSA) is 39.7 Å². The van der Waals surface area contributed by atoms with Crippen LogP contribution in [0.5, 0.6) is 11.5 Å². The summed E-state index contributed by atoms with van der Waals surface area (Å²) in [6, 6.07) is 13.8. The maximum Gasteiger partial charge on any atom is 0.166 e. The monoisotopic (exact) mass is 377 g/mol. The molecule has 0 aromatic heterocycles. The van der Waals surface area contributed by atoms with Crippen LogP contribution in [0.2, 0.25) is 5.02 Å². The predicted molar refractivity (Wildman–Crippen MR) is 106 cm³/mol. The zero-order valence-electron chi connectivity index (χ0n) is 15.8. The van der Waals surface area contributed by atoms with Crippen LogP contribution in [0.1, 0.15) is 31.4 Å². The molecule has 26 heavy (non-hydrogen) atoms. The lowest BCUT2D eigenvalue weighted by Gasteiger charge is -2.16. The molecule has 0 saturated carbocycles. The largest absolute Gasteiger partial charge is 0.493 e. The summed E-state index contributed by atoms with van der Waals surface area (Å²) in [7, 11) is 1.63. The van der Waals surface area contributed by atoms with E-state index < -0.39 is 0 Å². The van der Waals surface area contributed by atoms with E-state index in [1.54, 1.807) is 13.2 Å². The first kappa shape index (κ1) is 20.6. The summed E-state index contributed by atoms with van der Waals surface area (Å²) >= 11 is 6.23. The molecule has 5 heteroatoms. The fourth-order valence-corrected chi connectivity index (χ4v) is 2.77. The van der Waals surface area contributed by atoms with Gasteiger partial charge in [0, 0.05) is 29.8 Å². The number of halogens is 1. The Morgan fingerprint density at radius 1 is 1.12 bits per heavy atom. The molecule has 0 radical (unpaired) electrons. The molecule has 0 aliphatic rings. The summed E-state index contributed by atoms with van der Waals surface area (Å²) < 4.78 is 17.1. The third kappa shape index (κ3) is 6.87. The first-order valence-corrected chi connectivity index (χ1v) is 9.33. The van der Waals surface area contributed by atoms with Gasteiger partial charge in [0.2, 0.25) is 0 Å². The molecular formula is C21H28ClNO3. The number of hydrogen-bond acceptors (Lipinski definition) is 4. The molecule has 0 amide bonds. The van der Waals surface area contributed by atoms with Crippen LogP contribution in [0.25, 0.3) is 0 Å². The molecule has 0 spiro atoms. The van der Waals surface area contributed by atoms with Crippen LogP contribution >= 0.6 is 11.6 Å². The Kier molecular flexibility index (Phi) is 8.75. The number of methoxy groups -OCH3 is 1. The van der Waals surface area contributed by atoms with Gasteiger partial charge in [-0.2, -0.15) is 0 Å². The van der Waals surface area contributed by atoms with E-state index in [9.17, 15) is 0 Å². The van der Waals surface area contributed by atoms with Crippen LogP contribution in [0.3, 0.4) is 0 Å². The minimum atomic E-state index is 0.269. The molecular weight excluding hydrogens is 350 g/mol. The van der Waals surface area contributed by atoms with Crippen LogP contribution in [0.15, 0.2) is 42.5 Å². The van der Waals surface area contributed by atoms with E-state index in [-0.39, 0.29) is 6.10 Å². The van der Waals surface area contributed by atoms with E-state index >= 15 is 0 Å². The van der Waals surface area contributed by atoms with E-state index in [0.717, 1.165) is 36.4 Å². The molecule has 0 atom stereocenters. The molecule has 1 N–H and O–H groups in total. The van der Waals surface area contributed by atoms with Gasteiger partial charge in [0.1, 0.15) is 6.61 Å². The van der Waals surface area contributed by atoms with Crippen LogP contribution in [-0.2, 0) is 17.9 Å². The third-order valence-corrected chi connectivity index (χ3v) is 4.03. The van der Waals surface area contributed by atoms with Crippen molar-refractivity contribution in [2.45, 2.75) is 39.5 Å². The highest BCUT2D eigenvalue weighted by molar-refractivity contribution is 6.30. The summed E-state index contributed by atoms with van der Waals surface area (Å²) in [5.74, 6) is 1.38. The lowest BCUT2D eigenvalue weighted by Crippen LogP contribution is -2.18. The molecule has 0 fully saturated rings. The summed E-state index contributed by atoms with van der Waals surface area (Å²) in [5.41, 5.74) is 2.09. The average molecular weight is 378 g/mol. The van der Waals surface area contributed by atoms with Gasteiger partial charge in [0.25, 0.3) is 0 Å². The quantitative estimate of drug-likeness (QED) is 0.569. The highest BCUT2D eigenvalue weighted by atomic mass is 35.5. The summed E-state index contributed by atoms with van der Waals surface area (Å²) in [6.07, 6.45) is 1.22. The number of hydrogen-bond donors (Lipinski definition) is 1. The minimum absolute atomic E-state index is 0.269. The number of ether oxygens (including phenoxy) is 3. The smallest absolute Gasteiger partial charge is 0.166 e. The molecule has 0 unspecified atom stereocenters. The van der Waals surface area contributed by atoms with Crippen molar-refractivity contribution in [3.8, 4) is 11.5 Å². The number of benzene rings is 2. The standard InChI is InChI=1S/C21H28ClNO3/c1-16(2)25-11-7-10-23-14-18-12-19(22)13-20(24-3)21(18)26-15-17-8-5-4-6-9-17/h4-6,8-9,12-13,16,23H,7,10-11,14-15H2,1-3H3. The zero-order chi connectivity index (χ0) is 18.8. The van der Waals surface area contributed by atoms with Gasteiger partial charge < -0.3 is 19.5 Å². The van der Waals surface area contributed by atoms with Crippen molar-refractivity contribution < 1.29 is 14.2 Å². The van der Waals surface area contributed by atoms with Crippen molar-refractivity contribution >= 4 is 11.6 Å². The zero-order valence-corrected chi connectivity index (χ0v) is 16.5. The summed E-state index contributed by atoms with van der Waals surface area (Å²) in [4.78, 5) is 0. The fraction of sp³-hybridized carbons (Fsp3) is 0.429. The second-order valence-corrected chi connectivity index (χ2v) is 6.76. The Balaban J connectivity index is 1.98. The number of rotatable bonds is 11. The van der Waals surface area contributed by atoms with Crippen molar-refractivity contribution in [2.24, 2.45) is 0 Å². The third-order valence-electron chi connectivity index (χ3n) is 3.81. The second kappa shape index (κ2) is 11.1. The van der Waals surface area contributed by atoms with Gasteiger partial charge in [-0.25, -0.2) is 0 Å². The van der Waals surface area contributed by atoms with E-state index in [4.69, 9.17) is 25.8 Å². The molecule has 0 bridgehead atoms. The van der Waals surface area contributed by atoms with Gasteiger partial charge in [-0.1, -0.05) is 41.9 Å². The predicted octanol–water partition coefficient (Wildman–Crippen LogP) is 4.83. The van der Waals surface area contributed by atoms with E-state index in [1.165, 1.54) is 0 Å². The van der Waals surface area contributed by atoms with E-state index in [0.29, 0.717) is 23.9 Å². The molecule has 2 rings (SSSR count).